The molecule has 1 aromatic rings. The number of unbranched alkanes of at least 4 members (excludes halogenated alkanes) is 1. The van der Waals surface area contributed by atoms with E-state index >= 15 is 0 Å². The fourth-order valence-corrected chi connectivity index (χ4v) is 2.11. The van der Waals surface area contributed by atoms with Crippen LogP contribution in [0.1, 0.15) is 30.4 Å². The highest BCUT2D eigenvalue weighted by atomic mass is 16.4. The molecular formula is C16H25N3O3. The van der Waals surface area contributed by atoms with Crippen LogP contribution in [0.15, 0.2) is 24.3 Å². The predicted molar refractivity (Wildman–Crippen MR) is 85.4 cm³/mol. The number of carboxylic acid groups (broad SMARTS) is 1. The van der Waals surface area contributed by atoms with Crippen LogP contribution in [0.3, 0.4) is 0 Å². The normalized spacial score (nSPS) is 11.9. The molecule has 0 radical (unpaired) electrons. The Bertz CT molecular complexity index is 491. The third kappa shape index (κ3) is 6.69. The lowest BCUT2D eigenvalue weighted by Crippen LogP contribution is -2.44. The van der Waals surface area contributed by atoms with Crippen LogP contribution in [0.25, 0.3) is 0 Å². The Balaban J connectivity index is 2.34. The second-order valence-corrected chi connectivity index (χ2v) is 5.27. The Morgan fingerprint density at radius 3 is 2.64 bits per heavy atom. The van der Waals surface area contributed by atoms with Crippen molar-refractivity contribution in [2.45, 2.75) is 38.8 Å². The van der Waals surface area contributed by atoms with Crippen LogP contribution < -0.4 is 16.4 Å². The SMILES string of the molecule is Cc1ccccc1CNCC(=O)N[C@@H](CCCCN)C(=O)O. The number of carbonyl (C=O) groups is 2. The maximum Gasteiger partial charge on any atom is 0.326 e. The van der Waals surface area contributed by atoms with Gasteiger partial charge in [0.05, 0.1) is 6.54 Å². The Labute approximate surface area is 131 Å². The van der Waals surface area contributed by atoms with E-state index in [1.54, 1.807) is 0 Å². The fourth-order valence-electron chi connectivity index (χ4n) is 2.11. The number of carbonyl (C=O) groups excluding carboxylic acids is 1. The van der Waals surface area contributed by atoms with Crippen molar-refractivity contribution in [3.05, 3.63) is 35.4 Å². The number of hydrogen-bond acceptors (Lipinski definition) is 4. The predicted octanol–water partition coefficient (Wildman–Crippen LogP) is 0.783. The zero-order valence-corrected chi connectivity index (χ0v) is 13.0. The largest absolute Gasteiger partial charge is 0.480 e. The van der Waals surface area contributed by atoms with Gasteiger partial charge in [0.2, 0.25) is 5.91 Å². The number of amides is 1. The molecule has 0 aromatic heterocycles. The number of hydrogen-bond donors (Lipinski definition) is 4. The van der Waals surface area contributed by atoms with Crippen LogP contribution in [0.5, 0.6) is 0 Å². The molecule has 1 atom stereocenters. The highest BCUT2D eigenvalue weighted by molar-refractivity contribution is 5.84. The molecule has 0 heterocycles. The lowest BCUT2D eigenvalue weighted by Gasteiger charge is -2.15. The first kappa shape index (κ1) is 18.1. The molecule has 0 aliphatic rings. The van der Waals surface area contributed by atoms with Gasteiger partial charge >= 0.3 is 5.97 Å². The maximum absolute atomic E-state index is 11.8. The maximum atomic E-state index is 11.8. The molecule has 0 aliphatic heterocycles. The van der Waals surface area contributed by atoms with Gasteiger partial charge in [-0.2, -0.15) is 0 Å². The molecule has 0 spiro atoms. The minimum Gasteiger partial charge on any atom is -0.480 e. The van der Waals surface area contributed by atoms with Gasteiger partial charge in [-0.05, 0) is 43.9 Å². The van der Waals surface area contributed by atoms with Gasteiger partial charge in [0.25, 0.3) is 0 Å². The summed E-state index contributed by atoms with van der Waals surface area (Å²) >= 11 is 0. The summed E-state index contributed by atoms with van der Waals surface area (Å²) in [6.45, 7) is 3.20. The third-order valence-corrected chi connectivity index (χ3v) is 3.44. The molecule has 0 bridgehead atoms. The van der Waals surface area contributed by atoms with Gasteiger partial charge in [-0.3, -0.25) is 4.79 Å². The molecule has 6 nitrogen and oxygen atoms in total. The molecule has 1 amide bonds. The van der Waals surface area contributed by atoms with Crippen molar-refractivity contribution in [1.29, 1.82) is 0 Å². The number of benzene rings is 1. The molecular weight excluding hydrogens is 282 g/mol. The summed E-state index contributed by atoms with van der Waals surface area (Å²) in [5.41, 5.74) is 7.65. The van der Waals surface area contributed by atoms with E-state index in [4.69, 9.17) is 10.8 Å². The first-order chi connectivity index (χ1) is 10.5. The zero-order valence-electron chi connectivity index (χ0n) is 13.0. The Morgan fingerprint density at radius 2 is 2.00 bits per heavy atom. The average molecular weight is 307 g/mol. The second kappa shape index (κ2) is 9.92. The Kier molecular flexibility index (Phi) is 8.17. The van der Waals surface area contributed by atoms with Gasteiger partial charge in [-0.15, -0.1) is 0 Å². The van der Waals surface area contributed by atoms with Gasteiger partial charge in [0, 0.05) is 6.54 Å². The van der Waals surface area contributed by atoms with Crippen molar-refractivity contribution in [3.8, 4) is 0 Å². The highest BCUT2D eigenvalue weighted by Crippen LogP contribution is 2.05. The molecule has 6 heteroatoms. The molecule has 1 rings (SSSR count). The van der Waals surface area contributed by atoms with Gasteiger partial charge in [0.1, 0.15) is 6.04 Å². The molecule has 5 N–H and O–H groups in total. The summed E-state index contributed by atoms with van der Waals surface area (Å²) in [4.78, 5) is 22.9. The summed E-state index contributed by atoms with van der Waals surface area (Å²) < 4.78 is 0. The summed E-state index contributed by atoms with van der Waals surface area (Å²) in [5, 5.41) is 14.7. The topological polar surface area (TPSA) is 104 Å². The van der Waals surface area contributed by atoms with E-state index in [2.05, 4.69) is 10.6 Å². The van der Waals surface area contributed by atoms with Crippen molar-refractivity contribution < 1.29 is 14.7 Å². The Morgan fingerprint density at radius 1 is 1.27 bits per heavy atom. The first-order valence-electron chi connectivity index (χ1n) is 7.52. The lowest BCUT2D eigenvalue weighted by molar-refractivity contribution is -0.141. The van der Waals surface area contributed by atoms with Gasteiger partial charge < -0.3 is 21.5 Å². The quantitative estimate of drug-likeness (QED) is 0.478. The zero-order chi connectivity index (χ0) is 16.4. The standard InChI is InChI=1S/C16H25N3O3/c1-12-6-2-3-7-13(12)10-18-11-15(20)19-14(16(21)22)8-4-5-9-17/h2-3,6-7,14,18H,4-5,8-11,17H2,1H3,(H,19,20)(H,21,22)/t14-/m0/s1. The van der Waals surface area contributed by atoms with Gasteiger partial charge in [0.15, 0.2) is 0 Å². The van der Waals surface area contributed by atoms with Crippen LogP contribution >= 0.6 is 0 Å². The van der Waals surface area contributed by atoms with E-state index in [0.29, 0.717) is 25.9 Å². The first-order valence-corrected chi connectivity index (χ1v) is 7.52. The van der Waals surface area contributed by atoms with E-state index in [9.17, 15) is 9.59 Å². The molecule has 0 saturated carbocycles. The van der Waals surface area contributed by atoms with E-state index in [1.807, 2.05) is 31.2 Å². The van der Waals surface area contributed by atoms with Crippen molar-refractivity contribution in [1.82, 2.24) is 10.6 Å². The summed E-state index contributed by atoms with van der Waals surface area (Å²) in [5.74, 6) is -1.32. The second-order valence-electron chi connectivity index (χ2n) is 5.27. The number of nitrogens with two attached hydrogens (primary N) is 1. The van der Waals surface area contributed by atoms with E-state index < -0.39 is 12.0 Å². The number of rotatable bonds is 10. The number of aryl methyl sites for hydroxylation is 1. The van der Waals surface area contributed by atoms with E-state index in [0.717, 1.165) is 17.5 Å². The van der Waals surface area contributed by atoms with Crippen molar-refractivity contribution in [2.24, 2.45) is 5.73 Å². The van der Waals surface area contributed by atoms with Gasteiger partial charge in [-0.1, -0.05) is 24.3 Å². The van der Waals surface area contributed by atoms with Crippen molar-refractivity contribution in [3.63, 3.8) is 0 Å². The summed E-state index contributed by atoms with van der Waals surface area (Å²) in [7, 11) is 0. The smallest absolute Gasteiger partial charge is 0.326 e. The molecule has 0 saturated heterocycles. The van der Waals surface area contributed by atoms with E-state index in [-0.39, 0.29) is 12.5 Å². The summed E-state index contributed by atoms with van der Waals surface area (Å²) in [6, 6.07) is 7.06. The minimum absolute atomic E-state index is 0.0923. The molecule has 0 fully saturated rings. The van der Waals surface area contributed by atoms with Crippen LogP contribution in [0, 0.1) is 6.92 Å². The van der Waals surface area contributed by atoms with Crippen LogP contribution in [-0.4, -0.2) is 36.1 Å². The number of nitrogens with one attached hydrogen (secondary N) is 2. The van der Waals surface area contributed by atoms with Crippen molar-refractivity contribution in [2.75, 3.05) is 13.1 Å². The third-order valence-electron chi connectivity index (χ3n) is 3.44. The van der Waals surface area contributed by atoms with E-state index in [1.165, 1.54) is 0 Å². The van der Waals surface area contributed by atoms with Crippen molar-refractivity contribution >= 4 is 11.9 Å². The average Bonchev–Trinajstić information content (AvgIpc) is 2.48. The van der Waals surface area contributed by atoms with Crippen LogP contribution in [-0.2, 0) is 16.1 Å². The summed E-state index contributed by atoms with van der Waals surface area (Å²) in [6.07, 6.45) is 1.84. The lowest BCUT2D eigenvalue weighted by atomic mass is 10.1. The Hall–Kier alpha value is -1.92. The molecule has 1 aromatic carbocycles. The molecule has 0 unspecified atom stereocenters. The minimum atomic E-state index is -1.01. The molecule has 122 valence electrons. The number of carboxylic acids is 1. The molecule has 22 heavy (non-hydrogen) atoms. The fraction of sp³-hybridized carbons (Fsp3) is 0.500. The highest BCUT2D eigenvalue weighted by Gasteiger charge is 2.18. The van der Waals surface area contributed by atoms with Crippen LogP contribution in [0.2, 0.25) is 0 Å². The molecule has 0 aliphatic carbocycles. The van der Waals surface area contributed by atoms with Gasteiger partial charge in [-0.25, -0.2) is 4.79 Å². The number of aliphatic carboxylic acids is 1. The van der Waals surface area contributed by atoms with Crippen LogP contribution in [0.4, 0.5) is 0 Å². The monoisotopic (exact) mass is 307 g/mol.